The van der Waals surface area contributed by atoms with E-state index in [1.807, 2.05) is 0 Å². The summed E-state index contributed by atoms with van der Waals surface area (Å²) in [5.41, 5.74) is 0.0844. The highest BCUT2D eigenvalue weighted by Crippen LogP contribution is 2.35. The molecule has 0 radical (unpaired) electrons. The van der Waals surface area contributed by atoms with E-state index in [0.29, 0.717) is 0 Å². The summed E-state index contributed by atoms with van der Waals surface area (Å²) >= 11 is 0. The van der Waals surface area contributed by atoms with Crippen LogP contribution in [0.25, 0.3) is 0 Å². The Kier molecular flexibility index (Phi) is 11.8. The van der Waals surface area contributed by atoms with Crippen molar-refractivity contribution in [2.75, 3.05) is 6.61 Å². The van der Waals surface area contributed by atoms with Crippen LogP contribution in [0.3, 0.4) is 0 Å². The standard InChI is InChI=1S/C29H45NO18/c1-8(31)14-13(5-6-30-14)45-29-25(48-27-21(39)19(37)16(34)10(3)43-27)22(40)23(11(4)44-29)46-28-24(17(35)12(32)7-41-28)47-26-20(38)18(36)15(33)9(2)42-26/h5-6,9-12,15-30,32-40H,7H2,1-4H3/t9-,10-,11-,12+,15+,16-,17+,18+,19+,20-,21-,22+,23-,24-,25-,26+,27+,28-,29+/m1/s1. The molecule has 1 aromatic rings. The predicted molar refractivity (Wildman–Crippen MR) is 153 cm³/mol. The first-order chi connectivity index (χ1) is 22.6. The Morgan fingerprint density at radius 3 is 1.69 bits per heavy atom. The number of hydrogen-bond donors (Lipinski definition) is 10. The van der Waals surface area contributed by atoms with Gasteiger partial charge in [-0.3, -0.25) is 4.79 Å². The van der Waals surface area contributed by atoms with Gasteiger partial charge >= 0.3 is 0 Å². The monoisotopic (exact) mass is 695 g/mol. The largest absolute Gasteiger partial charge is 0.460 e. The molecule has 274 valence electrons. The number of Topliss-reactive ketones (excluding diaryl/α,β-unsaturated/α-hetero) is 1. The highest BCUT2D eigenvalue weighted by Gasteiger charge is 2.54. The zero-order chi connectivity index (χ0) is 35.2. The van der Waals surface area contributed by atoms with Crippen LogP contribution in [0.5, 0.6) is 5.75 Å². The van der Waals surface area contributed by atoms with Crippen LogP contribution in [0, 0.1) is 0 Å². The van der Waals surface area contributed by atoms with Crippen LogP contribution in [0.15, 0.2) is 12.3 Å². The first kappa shape index (κ1) is 37.4. The molecule has 19 atom stereocenters. The number of aromatic amines is 1. The zero-order valence-corrected chi connectivity index (χ0v) is 26.5. The van der Waals surface area contributed by atoms with Crippen molar-refractivity contribution in [1.29, 1.82) is 0 Å². The molecule has 4 fully saturated rings. The van der Waals surface area contributed by atoms with Crippen molar-refractivity contribution < 1.29 is 88.6 Å². The maximum absolute atomic E-state index is 12.1. The van der Waals surface area contributed by atoms with E-state index in [4.69, 9.17) is 37.9 Å². The lowest BCUT2D eigenvalue weighted by Gasteiger charge is -2.48. The normalized spacial score (nSPS) is 48.6. The number of aliphatic hydroxyl groups is 9. The van der Waals surface area contributed by atoms with Gasteiger partial charge in [-0.2, -0.15) is 0 Å². The van der Waals surface area contributed by atoms with E-state index in [-0.39, 0.29) is 17.2 Å². The van der Waals surface area contributed by atoms with E-state index in [9.17, 15) is 50.8 Å². The summed E-state index contributed by atoms with van der Waals surface area (Å²) in [6.07, 6.45) is -27.1. The van der Waals surface area contributed by atoms with E-state index in [1.165, 1.54) is 40.0 Å². The van der Waals surface area contributed by atoms with Crippen molar-refractivity contribution in [3.8, 4) is 5.75 Å². The number of carbonyl (C=O) groups excluding carboxylic acids is 1. The lowest BCUT2D eigenvalue weighted by Crippen LogP contribution is -2.66. The van der Waals surface area contributed by atoms with Gasteiger partial charge < -0.3 is 88.8 Å². The molecular formula is C29H45NO18. The van der Waals surface area contributed by atoms with Crippen LogP contribution in [-0.4, -0.2) is 180 Å². The highest BCUT2D eigenvalue weighted by atomic mass is 16.8. The van der Waals surface area contributed by atoms with Gasteiger partial charge in [-0.05, 0) is 26.8 Å². The first-order valence-corrected chi connectivity index (χ1v) is 15.6. The fraction of sp³-hybridized carbons (Fsp3) is 0.828. The number of hydrogen-bond acceptors (Lipinski definition) is 18. The fourth-order valence-corrected chi connectivity index (χ4v) is 6.02. The van der Waals surface area contributed by atoms with Gasteiger partial charge in [0, 0.05) is 13.1 Å². The molecule has 48 heavy (non-hydrogen) atoms. The number of aromatic nitrogens is 1. The van der Waals surface area contributed by atoms with Gasteiger partial charge in [0.2, 0.25) is 6.29 Å². The molecule has 5 rings (SSSR count). The molecule has 0 aliphatic carbocycles. The minimum Gasteiger partial charge on any atom is -0.460 e. The van der Waals surface area contributed by atoms with E-state index < -0.39 is 123 Å². The summed E-state index contributed by atoms with van der Waals surface area (Å²) in [5, 5.41) is 94.8. The Labute approximate surface area is 274 Å². The minimum absolute atomic E-state index is 0.0440. The van der Waals surface area contributed by atoms with Crippen molar-refractivity contribution >= 4 is 5.78 Å². The molecule has 1 aromatic heterocycles. The van der Waals surface area contributed by atoms with Crippen molar-refractivity contribution in [3.05, 3.63) is 18.0 Å². The summed E-state index contributed by atoms with van der Waals surface area (Å²) < 4.78 is 46.4. The number of carbonyl (C=O) groups is 1. The van der Waals surface area contributed by atoms with E-state index in [0.717, 1.165) is 0 Å². The number of ether oxygens (including phenoxy) is 8. The third kappa shape index (κ3) is 7.42. The van der Waals surface area contributed by atoms with Crippen LogP contribution in [0.4, 0.5) is 0 Å². The van der Waals surface area contributed by atoms with Gasteiger partial charge in [0.1, 0.15) is 72.8 Å². The maximum atomic E-state index is 12.1. The van der Waals surface area contributed by atoms with E-state index in [2.05, 4.69) is 4.98 Å². The smallest absolute Gasteiger partial charge is 0.229 e. The number of rotatable bonds is 9. The number of H-pyrrole nitrogens is 1. The number of ketones is 1. The third-order valence-corrected chi connectivity index (χ3v) is 8.98. The summed E-state index contributed by atoms with van der Waals surface area (Å²) in [5.74, 6) is -0.331. The molecule has 0 saturated carbocycles. The molecule has 4 aliphatic rings. The minimum atomic E-state index is -1.78. The number of aliphatic hydroxyl groups excluding tert-OH is 9. The van der Waals surface area contributed by atoms with Gasteiger partial charge in [0.15, 0.2) is 36.5 Å². The summed E-state index contributed by atoms with van der Waals surface area (Å²) in [6.45, 7) is 5.20. The summed E-state index contributed by atoms with van der Waals surface area (Å²) in [4.78, 5) is 14.9. The van der Waals surface area contributed by atoms with Crippen LogP contribution in [-0.2, 0) is 33.2 Å². The molecule has 0 unspecified atom stereocenters. The van der Waals surface area contributed by atoms with Crippen LogP contribution in [0.2, 0.25) is 0 Å². The highest BCUT2D eigenvalue weighted by molar-refractivity contribution is 5.94. The first-order valence-electron chi connectivity index (χ1n) is 15.6. The number of nitrogens with one attached hydrogen (secondary N) is 1. The van der Waals surface area contributed by atoms with Gasteiger partial charge in [0.05, 0.1) is 24.9 Å². The van der Waals surface area contributed by atoms with Gasteiger partial charge in [0.25, 0.3) is 0 Å². The molecule has 19 heteroatoms. The summed E-state index contributed by atoms with van der Waals surface area (Å²) in [7, 11) is 0. The van der Waals surface area contributed by atoms with E-state index in [1.54, 1.807) is 0 Å². The van der Waals surface area contributed by atoms with Crippen molar-refractivity contribution in [2.24, 2.45) is 0 Å². The second-order valence-electron chi connectivity index (χ2n) is 12.5. The molecular weight excluding hydrogens is 650 g/mol. The van der Waals surface area contributed by atoms with Crippen LogP contribution >= 0.6 is 0 Å². The molecule has 0 spiro atoms. The molecule has 0 aromatic carbocycles. The molecule has 4 aliphatic heterocycles. The Hall–Kier alpha value is -1.89. The molecule has 5 heterocycles. The molecule has 4 saturated heterocycles. The van der Waals surface area contributed by atoms with Gasteiger partial charge in [-0.1, -0.05) is 0 Å². The summed E-state index contributed by atoms with van der Waals surface area (Å²) in [6, 6.07) is 1.44. The maximum Gasteiger partial charge on any atom is 0.229 e. The Morgan fingerprint density at radius 1 is 0.646 bits per heavy atom. The van der Waals surface area contributed by atoms with Crippen molar-refractivity contribution in [1.82, 2.24) is 4.98 Å². The van der Waals surface area contributed by atoms with Gasteiger partial charge in [-0.15, -0.1) is 0 Å². The molecule has 0 amide bonds. The average Bonchev–Trinajstić information content (AvgIpc) is 3.51. The SMILES string of the molecule is CC(=O)c1[nH]ccc1O[C@@H]1O[C@H](C)[C@@H](O[C@H]2OC[C@H](O)[C@H](O)[C@H]2O[C@@H]2O[C@H](C)[C@H](O)[C@H](O)[C@H]2O)[C@H](O)[C@H]1O[C@@H]1O[C@H](C)[C@@H](O)[C@H](O)[C@H]1O. The average molecular weight is 696 g/mol. The quantitative estimate of drug-likeness (QED) is 0.109. The van der Waals surface area contributed by atoms with Crippen LogP contribution in [0.1, 0.15) is 38.2 Å². The Bertz CT molecular complexity index is 1220. The lowest BCUT2D eigenvalue weighted by atomic mass is 9.97. The predicted octanol–water partition coefficient (Wildman–Crippen LogP) is -4.41. The van der Waals surface area contributed by atoms with Gasteiger partial charge in [-0.25, -0.2) is 0 Å². The van der Waals surface area contributed by atoms with Crippen molar-refractivity contribution in [2.45, 2.75) is 144 Å². The van der Waals surface area contributed by atoms with E-state index >= 15 is 0 Å². The van der Waals surface area contributed by atoms with Crippen LogP contribution < -0.4 is 4.74 Å². The zero-order valence-electron chi connectivity index (χ0n) is 26.5. The fourth-order valence-electron chi connectivity index (χ4n) is 6.02. The third-order valence-electron chi connectivity index (χ3n) is 8.98. The Morgan fingerprint density at radius 2 is 1.15 bits per heavy atom. The topological polar surface area (TPSA) is 289 Å². The Balaban J connectivity index is 1.39. The molecule has 10 N–H and O–H groups in total. The van der Waals surface area contributed by atoms with Crippen molar-refractivity contribution in [3.63, 3.8) is 0 Å². The molecule has 19 nitrogen and oxygen atoms in total. The second kappa shape index (κ2) is 15.2. The molecule has 0 bridgehead atoms. The second-order valence-corrected chi connectivity index (χ2v) is 12.5. The lowest BCUT2D eigenvalue weighted by molar-refractivity contribution is -0.384.